The number of methoxy groups -OCH3 is 1. The summed E-state index contributed by atoms with van der Waals surface area (Å²) >= 11 is 3.36. The van der Waals surface area contributed by atoms with E-state index in [1.54, 1.807) is 36.3 Å². The summed E-state index contributed by atoms with van der Waals surface area (Å²) in [5.74, 6) is 0.564. The molecule has 0 N–H and O–H groups in total. The molecule has 1 aromatic heterocycles. The van der Waals surface area contributed by atoms with Gasteiger partial charge in [0.05, 0.1) is 25.1 Å². The van der Waals surface area contributed by atoms with Crippen molar-refractivity contribution < 1.29 is 17.9 Å². The molecule has 0 saturated heterocycles. The first-order valence-corrected chi connectivity index (χ1v) is 15.7. The summed E-state index contributed by atoms with van der Waals surface area (Å²) in [4.78, 5) is 15.8. The van der Waals surface area contributed by atoms with Crippen LogP contribution in [0.2, 0.25) is 0 Å². The van der Waals surface area contributed by atoms with Crippen LogP contribution in [0, 0.1) is 5.92 Å². The minimum Gasteiger partial charge on any atom is -0.497 e. The van der Waals surface area contributed by atoms with E-state index in [-0.39, 0.29) is 29.8 Å². The molecule has 4 aromatic rings. The molecule has 0 bridgehead atoms. The summed E-state index contributed by atoms with van der Waals surface area (Å²) in [6, 6.07) is 28.1. The van der Waals surface area contributed by atoms with Crippen molar-refractivity contribution in [3.8, 4) is 5.75 Å². The van der Waals surface area contributed by atoms with Crippen molar-refractivity contribution in [1.82, 2.24) is 13.8 Å². The van der Waals surface area contributed by atoms with E-state index in [0.29, 0.717) is 19.6 Å². The second kappa shape index (κ2) is 14.0. The lowest BCUT2D eigenvalue weighted by Gasteiger charge is -2.29. The second-order valence-corrected chi connectivity index (χ2v) is 13.2. The molecule has 0 spiro atoms. The molecule has 216 valence electrons. The van der Waals surface area contributed by atoms with Crippen LogP contribution in [-0.4, -0.2) is 48.3 Å². The zero-order valence-electron chi connectivity index (χ0n) is 23.6. The van der Waals surface area contributed by atoms with Gasteiger partial charge in [-0.2, -0.15) is 4.31 Å². The number of hydrogen-bond acceptors (Lipinski definition) is 4. The zero-order chi connectivity index (χ0) is 29.4. The Bertz CT molecular complexity index is 1540. The van der Waals surface area contributed by atoms with Gasteiger partial charge in [-0.3, -0.25) is 4.79 Å². The van der Waals surface area contributed by atoms with Gasteiger partial charge in [0.1, 0.15) is 5.75 Å². The van der Waals surface area contributed by atoms with E-state index in [0.717, 1.165) is 27.0 Å². The molecule has 0 unspecified atom stereocenters. The van der Waals surface area contributed by atoms with Crippen LogP contribution in [0.25, 0.3) is 0 Å². The maximum atomic E-state index is 13.9. The van der Waals surface area contributed by atoms with Crippen molar-refractivity contribution in [3.05, 3.63) is 118 Å². The molecule has 0 radical (unpaired) electrons. The van der Waals surface area contributed by atoms with Gasteiger partial charge in [-0.1, -0.05) is 72.2 Å². The maximum Gasteiger partial charge on any atom is 0.243 e. The Hall–Kier alpha value is -3.40. The predicted octanol–water partition coefficient (Wildman–Crippen LogP) is 6.18. The van der Waals surface area contributed by atoms with Crippen LogP contribution in [0.1, 0.15) is 30.7 Å². The molecule has 3 aromatic carbocycles. The first-order valence-electron chi connectivity index (χ1n) is 13.5. The van der Waals surface area contributed by atoms with Crippen LogP contribution < -0.4 is 4.74 Å². The molecule has 7 nitrogen and oxygen atoms in total. The minimum atomic E-state index is -3.88. The number of carbonyl (C=O) groups excluding carboxylic acids is 1. The molecule has 1 heterocycles. The molecule has 0 atom stereocenters. The highest BCUT2D eigenvalue weighted by atomic mass is 79.9. The van der Waals surface area contributed by atoms with E-state index >= 15 is 0 Å². The number of carbonyl (C=O) groups is 1. The number of ether oxygens (including phenoxy) is 1. The number of rotatable bonds is 13. The second-order valence-electron chi connectivity index (χ2n) is 10.4. The smallest absolute Gasteiger partial charge is 0.243 e. The Morgan fingerprint density at radius 2 is 1.61 bits per heavy atom. The molecule has 9 heteroatoms. The van der Waals surface area contributed by atoms with Gasteiger partial charge in [0, 0.05) is 36.0 Å². The van der Waals surface area contributed by atoms with Crippen molar-refractivity contribution in [2.75, 3.05) is 20.2 Å². The molecular formula is C32H36BrN3O4S. The van der Waals surface area contributed by atoms with Gasteiger partial charge in [-0.15, -0.1) is 0 Å². The topological polar surface area (TPSA) is 71.8 Å². The Morgan fingerprint density at radius 3 is 2.29 bits per heavy atom. The van der Waals surface area contributed by atoms with E-state index in [2.05, 4.69) is 20.5 Å². The fourth-order valence-corrected chi connectivity index (χ4v) is 6.43. The molecule has 0 aliphatic rings. The number of amides is 1. The van der Waals surface area contributed by atoms with Gasteiger partial charge < -0.3 is 14.2 Å². The summed E-state index contributed by atoms with van der Waals surface area (Å²) in [5, 5.41) is 0. The summed E-state index contributed by atoms with van der Waals surface area (Å²) < 4.78 is 36.9. The highest BCUT2D eigenvalue weighted by molar-refractivity contribution is 9.10. The van der Waals surface area contributed by atoms with E-state index in [4.69, 9.17) is 4.74 Å². The Morgan fingerprint density at radius 1 is 0.902 bits per heavy atom. The first kappa shape index (κ1) is 30.6. The standard InChI is InChI=1S/C32H36BrN3O4S/c1-25(2)20-36(41(38,39)31-16-14-28(33)15-17-31)24-32(37)35(21-26-9-5-4-6-10-26)23-29-12-8-18-34(29)22-27-11-7-13-30(19-27)40-3/h4-19,25H,20-24H2,1-3H3. The first-order chi connectivity index (χ1) is 19.7. The van der Waals surface area contributed by atoms with Gasteiger partial charge >= 0.3 is 0 Å². The number of aromatic nitrogens is 1. The molecule has 0 fully saturated rings. The molecule has 0 aliphatic carbocycles. The lowest BCUT2D eigenvalue weighted by Crippen LogP contribution is -2.44. The number of nitrogens with zero attached hydrogens (tertiary/aromatic N) is 3. The largest absolute Gasteiger partial charge is 0.497 e. The van der Waals surface area contributed by atoms with E-state index in [1.165, 1.54) is 4.31 Å². The summed E-state index contributed by atoms with van der Waals surface area (Å²) in [5.41, 5.74) is 2.99. The number of benzene rings is 3. The van der Waals surface area contributed by atoms with Gasteiger partial charge in [0.25, 0.3) is 0 Å². The van der Waals surface area contributed by atoms with Gasteiger partial charge in [-0.05, 0) is 65.6 Å². The maximum absolute atomic E-state index is 13.9. The molecule has 1 amide bonds. The zero-order valence-corrected chi connectivity index (χ0v) is 26.0. The van der Waals surface area contributed by atoms with Crippen LogP contribution in [0.5, 0.6) is 5.75 Å². The monoisotopic (exact) mass is 637 g/mol. The van der Waals surface area contributed by atoms with E-state index in [1.807, 2.05) is 86.8 Å². The molecule has 0 aliphatic heterocycles. The average molecular weight is 639 g/mol. The molecule has 41 heavy (non-hydrogen) atoms. The van der Waals surface area contributed by atoms with E-state index in [9.17, 15) is 13.2 Å². The van der Waals surface area contributed by atoms with Gasteiger partial charge in [0.2, 0.25) is 15.9 Å². The van der Waals surface area contributed by atoms with E-state index < -0.39 is 10.0 Å². The van der Waals surface area contributed by atoms with Crippen molar-refractivity contribution in [1.29, 1.82) is 0 Å². The summed E-state index contributed by atoms with van der Waals surface area (Å²) in [6.07, 6.45) is 1.99. The number of hydrogen-bond donors (Lipinski definition) is 0. The Kier molecular flexibility index (Phi) is 10.4. The van der Waals surface area contributed by atoms with Crippen molar-refractivity contribution in [3.63, 3.8) is 0 Å². The van der Waals surface area contributed by atoms with Crippen LogP contribution >= 0.6 is 15.9 Å². The lowest BCUT2D eigenvalue weighted by atomic mass is 10.2. The fourth-order valence-electron chi connectivity index (χ4n) is 4.61. The van der Waals surface area contributed by atoms with Crippen molar-refractivity contribution >= 4 is 31.9 Å². The van der Waals surface area contributed by atoms with Gasteiger partial charge in [-0.25, -0.2) is 8.42 Å². The molecule has 4 rings (SSSR count). The predicted molar refractivity (Wildman–Crippen MR) is 165 cm³/mol. The third-order valence-electron chi connectivity index (χ3n) is 6.66. The highest BCUT2D eigenvalue weighted by Gasteiger charge is 2.29. The van der Waals surface area contributed by atoms with Crippen molar-refractivity contribution in [2.45, 2.75) is 38.4 Å². The third-order valence-corrected chi connectivity index (χ3v) is 9.02. The Labute approximate surface area is 251 Å². The van der Waals surface area contributed by atoms with Crippen LogP contribution in [0.15, 0.2) is 107 Å². The van der Waals surface area contributed by atoms with Crippen LogP contribution in [0.3, 0.4) is 0 Å². The third kappa shape index (κ3) is 8.31. The minimum absolute atomic E-state index is 0.0377. The molecule has 0 saturated carbocycles. The quantitative estimate of drug-likeness (QED) is 0.175. The van der Waals surface area contributed by atoms with Crippen LogP contribution in [-0.2, 0) is 34.5 Å². The fraction of sp³-hybridized carbons (Fsp3) is 0.281. The SMILES string of the molecule is COc1cccc(Cn2cccc2CN(Cc2ccccc2)C(=O)CN(CC(C)C)S(=O)(=O)c2ccc(Br)cc2)c1. The number of sulfonamides is 1. The van der Waals surface area contributed by atoms with Crippen molar-refractivity contribution in [2.24, 2.45) is 5.92 Å². The normalized spacial score (nSPS) is 11.7. The molecular weight excluding hydrogens is 602 g/mol. The number of halogens is 1. The van der Waals surface area contributed by atoms with Crippen LogP contribution in [0.4, 0.5) is 0 Å². The Balaban J connectivity index is 1.61. The summed E-state index contributed by atoms with van der Waals surface area (Å²) in [7, 11) is -2.24. The summed E-state index contributed by atoms with van der Waals surface area (Å²) in [6.45, 7) is 5.18. The van der Waals surface area contributed by atoms with Gasteiger partial charge in [0.15, 0.2) is 0 Å². The highest BCUT2D eigenvalue weighted by Crippen LogP contribution is 2.22. The lowest BCUT2D eigenvalue weighted by molar-refractivity contribution is -0.132. The average Bonchev–Trinajstić information content (AvgIpc) is 3.39.